The summed E-state index contributed by atoms with van der Waals surface area (Å²) in [4.78, 5) is 7.07. The van der Waals surface area contributed by atoms with Gasteiger partial charge in [-0.05, 0) is 25.4 Å². The van der Waals surface area contributed by atoms with Crippen molar-refractivity contribution in [3.05, 3.63) is 18.2 Å². The number of nitrogens with one attached hydrogen (secondary N) is 1. The molecule has 0 unspecified atom stereocenters. The number of fused-ring (bicyclic) bond motifs is 1. The first-order chi connectivity index (χ1) is 8.88. The predicted octanol–water partition coefficient (Wildman–Crippen LogP) is 1.17. The van der Waals surface area contributed by atoms with Crippen molar-refractivity contribution in [2.75, 3.05) is 33.4 Å². The Labute approximate surface area is 132 Å². The second-order valence-corrected chi connectivity index (χ2v) is 5.27. The Hall–Kier alpha value is -0.330. The standard InChI is InChI=1S/C13H22N4O.2ClH/c1-18-7-6-16-5-3-15-13(16)10-17-4-2-11-8-14-9-12(11)17;;/h3,5,11-12,14H,2,4,6-10H2,1H3;2*1H/t11-,12+;;/m0../s1. The molecule has 2 aliphatic rings. The van der Waals surface area contributed by atoms with E-state index in [1.165, 1.54) is 25.3 Å². The molecule has 3 heterocycles. The van der Waals surface area contributed by atoms with Crippen LogP contribution in [0.25, 0.3) is 0 Å². The lowest BCUT2D eigenvalue weighted by atomic mass is 10.1. The number of ether oxygens (including phenoxy) is 1. The zero-order valence-electron chi connectivity index (χ0n) is 11.8. The molecule has 0 aromatic carbocycles. The zero-order chi connectivity index (χ0) is 12.4. The molecule has 0 saturated carbocycles. The fraction of sp³-hybridized carbons (Fsp3) is 0.769. The molecule has 7 heteroatoms. The normalized spacial score (nSPS) is 25.1. The number of hydrogen-bond acceptors (Lipinski definition) is 4. The highest BCUT2D eigenvalue weighted by atomic mass is 35.5. The van der Waals surface area contributed by atoms with Gasteiger partial charge in [-0.15, -0.1) is 24.8 Å². The number of methoxy groups -OCH3 is 1. The molecule has 0 amide bonds. The first-order valence-electron chi connectivity index (χ1n) is 6.82. The lowest BCUT2D eigenvalue weighted by Gasteiger charge is -2.23. The van der Waals surface area contributed by atoms with Gasteiger partial charge in [0, 0.05) is 38.6 Å². The number of aromatic nitrogens is 2. The average molecular weight is 323 g/mol. The third-order valence-electron chi connectivity index (χ3n) is 4.24. The summed E-state index contributed by atoms with van der Waals surface area (Å²) in [6.07, 6.45) is 5.27. The monoisotopic (exact) mass is 322 g/mol. The van der Waals surface area contributed by atoms with E-state index in [0.717, 1.165) is 38.2 Å². The molecule has 1 N–H and O–H groups in total. The van der Waals surface area contributed by atoms with Crippen LogP contribution in [-0.4, -0.2) is 53.8 Å². The number of likely N-dealkylation sites (tertiary alicyclic amines) is 1. The van der Waals surface area contributed by atoms with Crippen molar-refractivity contribution in [1.82, 2.24) is 19.8 Å². The van der Waals surface area contributed by atoms with Crippen LogP contribution in [0, 0.1) is 5.92 Å². The highest BCUT2D eigenvalue weighted by molar-refractivity contribution is 5.85. The topological polar surface area (TPSA) is 42.3 Å². The lowest BCUT2D eigenvalue weighted by molar-refractivity contribution is 0.182. The van der Waals surface area contributed by atoms with Gasteiger partial charge in [0.15, 0.2) is 0 Å². The molecule has 1 aromatic rings. The molecule has 2 atom stereocenters. The largest absolute Gasteiger partial charge is 0.383 e. The second kappa shape index (κ2) is 8.20. The summed E-state index contributed by atoms with van der Waals surface area (Å²) >= 11 is 0. The summed E-state index contributed by atoms with van der Waals surface area (Å²) in [6, 6.07) is 0.720. The van der Waals surface area contributed by atoms with Crippen LogP contribution in [0.1, 0.15) is 12.2 Å². The van der Waals surface area contributed by atoms with E-state index in [4.69, 9.17) is 4.74 Å². The van der Waals surface area contributed by atoms with Crippen LogP contribution in [0.4, 0.5) is 0 Å². The maximum Gasteiger partial charge on any atom is 0.122 e. The van der Waals surface area contributed by atoms with Crippen LogP contribution >= 0.6 is 24.8 Å². The van der Waals surface area contributed by atoms with Crippen LogP contribution in [-0.2, 0) is 17.8 Å². The predicted molar refractivity (Wildman–Crippen MR) is 83.8 cm³/mol. The minimum Gasteiger partial charge on any atom is -0.383 e. The van der Waals surface area contributed by atoms with Gasteiger partial charge in [0.05, 0.1) is 13.2 Å². The number of hydrogen-bond donors (Lipinski definition) is 1. The van der Waals surface area contributed by atoms with E-state index in [2.05, 4.69) is 26.0 Å². The third kappa shape index (κ3) is 3.65. The SMILES string of the molecule is COCCn1ccnc1CN1CC[C@H]2CNC[C@H]21.Cl.Cl. The van der Waals surface area contributed by atoms with Gasteiger partial charge < -0.3 is 14.6 Å². The van der Waals surface area contributed by atoms with Crippen molar-refractivity contribution in [3.8, 4) is 0 Å². The molecule has 20 heavy (non-hydrogen) atoms. The molecule has 0 bridgehead atoms. The summed E-state index contributed by atoms with van der Waals surface area (Å²) in [5, 5.41) is 3.49. The number of rotatable bonds is 5. The Morgan fingerprint density at radius 2 is 2.25 bits per heavy atom. The van der Waals surface area contributed by atoms with Crippen LogP contribution < -0.4 is 5.32 Å². The van der Waals surface area contributed by atoms with Gasteiger partial charge >= 0.3 is 0 Å². The summed E-state index contributed by atoms with van der Waals surface area (Å²) in [5.74, 6) is 2.02. The van der Waals surface area contributed by atoms with Gasteiger partial charge in [0.1, 0.15) is 5.82 Å². The molecule has 1 aromatic heterocycles. The van der Waals surface area contributed by atoms with Gasteiger partial charge in [-0.25, -0.2) is 4.98 Å². The Morgan fingerprint density at radius 3 is 3.05 bits per heavy atom. The Morgan fingerprint density at radius 1 is 1.40 bits per heavy atom. The van der Waals surface area contributed by atoms with Crippen LogP contribution in [0.2, 0.25) is 0 Å². The first-order valence-corrected chi connectivity index (χ1v) is 6.82. The van der Waals surface area contributed by atoms with Crippen LogP contribution in [0.5, 0.6) is 0 Å². The molecule has 3 rings (SSSR count). The maximum atomic E-state index is 5.14. The second-order valence-electron chi connectivity index (χ2n) is 5.27. The van der Waals surface area contributed by atoms with E-state index >= 15 is 0 Å². The molecular weight excluding hydrogens is 299 g/mol. The van der Waals surface area contributed by atoms with E-state index in [-0.39, 0.29) is 24.8 Å². The summed E-state index contributed by atoms with van der Waals surface area (Å²) in [6.45, 7) is 6.17. The maximum absolute atomic E-state index is 5.14. The van der Waals surface area contributed by atoms with E-state index in [1.807, 2.05) is 6.20 Å². The Balaban J connectivity index is 0.000001000. The van der Waals surface area contributed by atoms with Gasteiger partial charge in [0.2, 0.25) is 0 Å². The van der Waals surface area contributed by atoms with E-state index in [0.29, 0.717) is 0 Å². The van der Waals surface area contributed by atoms with Crippen LogP contribution in [0.3, 0.4) is 0 Å². The highest BCUT2D eigenvalue weighted by Gasteiger charge is 2.37. The minimum atomic E-state index is 0. The lowest BCUT2D eigenvalue weighted by Crippen LogP contribution is -2.34. The Bertz CT molecular complexity index is 401. The van der Waals surface area contributed by atoms with E-state index < -0.39 is 0 Å². The third-order valence-corrected chi connectivity index (χ3v) is 4.24. The summed E-state index contributed by atoms with van der Waals surface area (Å²) in [5.41, 5.74) is 0. The zero-order valence-corrected chi connectivity index (χ0v) is 13.5. The van der Waals surface area contributed by atoms with Crippen molar-refractivity contribution in [1.29, 1.82) is 0 Å². The van der Waals surface area contributed by atoms with Crippen molar-refractivity contribution >= 4 is 24.8 Å². The molecule has 2 fully saturated rings. The molecule has 5 nitrogen and oxygen atoms in total. The van der Waals surface area contributed by atoms with E-state index in [9.17, 15) is 0 Å². The van der Waals surface area contributed by atoms with E-state index in [1.54, 1.807) is 7.11 Å². The van der Waals surface area contributed by atoms with Crippen LogP contribution in [0.15, 0.2) is 12.4 Å². The van der Waals surface area contributed by atoms with Crippen molar-refractivity contribution < 1.29 is 4.74 Å². The summed E-state index contributed by atoms with van der Waals surface area (Å²) < 4.78 is 7.34. The van der Waals surface area contributed by atoms with Gasteiger partial charge in [0.25, 0.3) is 0 Å². The van der Waals surface area contributed by atoms with Crippen molar-refractivity contribution in [2.45, 2.75) is 25.6 Å². The molecular formula is C13H24Cl2N4O. The van der Waals surface area contributed by atoms with Gasteiger partial charge in [-0.1, -0.05) is 0 Å². The summed E-state index contributed by atoms with van der Waals surface area (Å²) in [7, 11) is 1.74. The minimum absolute atomic E-state index is 0. The average Bonchev–Trinajstić information content (AvgIpc) is 3.05. The molecule has 0 radical (unpaired) electrons. The fourth-order valence-electron chi connectivity index (χ4n) is 3.20. The quantitative estimate of drug-likeness (QED) is 0.883. The molecule has 2 saturated heterocycles. The number of halogens is 2. The number of imidazole rings is 1. The first kappa shape index (κ1) is 17.7. The van der Waals surface area contributed by atoms with Crippen molar-refractivity contribution in [3.63, 3.8) is 0 Å². The number of nitrogens with zero attached hydrogens (tertiary/aromatic N) is 3. The fourth-order valence-corrected chi connectivity index (χ4v) is 3.20. The van der Waals surface area contributed by atoms with Gasteiger partial charge in [-0.2, -0.15) is 0 Å². The molecule has 116 valence electrons. The smallest absolute Gasteiger partial charge is 0.122 e. The molecule has 2 aliphatic heterocycles. The molecule has 0 aliphatic carbocycles. The molecule has 0 spiro atoms. The Kier molecular flexibility index (Phi) is 7.26. The highest BCUT2D eigenvalue weighted by Crippen LogP contribution is 2.28. The van der Waals surface area contributed by atoms with Gasteiger partial charge in [-0.3, -0.25) is 4.90 Å². The van der Waals surface area contributed by atoms with Crippen molar-refractivity contribution in [2.24, 2.45) is 5.92 Å².